The van der Waals surface area contributed by atoms with Gasteiger partial charge in [-0.2, -0.15) is 0 Å². The number of hydrogen-bond donors (Lipinski definition) is 0. The molecule has 0 bridgehead atoms. The van der Waals surface area contributed by atoms with E-state index < -0.39 is 11.8 Å². The summed E-state index contributed by atoms with van der Waals surface area (Å²) >= 11 is 0. The second-order valence-corrected chi connectivity index (χ2v) is 3.56. The van der Waals surface area contributed by atoms with E-state index in [9.17, 15) is 9.59 Å². The average Bonchev–Trinajstić information content (AvgIpc) is 2.40. The van der Waals surface area contributed by atoms with E-state index in [4.69, 9.17) is 4.74 Å². The van der Waals surface area contributed by atoms with Crippen LogP contribution in [0.5, 0.6) is 5.75 Å². The standard InChI is InChI=1S/C11H10O3/c1-5-4-6(2)8-9(12)11(13)14-10(8)7(5)3/h4H,1-3H3. The lowest BCUT2D eigenvalue weighted by atomic mass is 9.98. The second kappa shape index (κ2) is 2.67. The Bertz CT molecular complexity index is 458. The summed E-state index contributed by atoms with van der Waals surface area (Å²) in [6.45, 7) is 5.59. The molecule has 1 aliphatic heterocycles. The van der Waals surface area contributed by atoms with Crippen LogP contribution >= 0.6 is 0 Å². The van der Waals surface area contributed by atoms with Crippen molar-refractivity contribution < 1.29 is 14.3 Å². The summed E-state index contributed by atoms with van der Waals surface area (Å²) < 4.78 is 4.92. The van der Waals surface area contributed by atoms with E-state index in [0.717, 1.165) is 16.7 Å². The molecule has 1 aromatic carbocycles. The van der Waals surface area contributed by atoms with E-state index in [-0.39, 0.29) is 0 Å². The van der Waals surface area contributed by atoms with E-state index >= 15 is 0 Å². The van der Waals surface area contributed by atoms with Crippen molar-refractivity contribution in [2.24, 2.45) is 0 Å². The number of ether oxygens (including phenoxy) is 1. The highest BCUT2D eigenvalue weighted by molar-refractivity contribution is 6.44. The SMILES string of the molecule is Cc1cc(C)c2c(c1C)OC(=O)C2=O. The molecule has 3 heteroatoms. The number of esters is 1. The van der Waals surface area contributed by atoms with E-state index in [1.54, 1.807) is 0 Å². The van der Waals surface area contributed by atoms with Crippen LogP contribution in [0.3, 0.4) is 0 Å². The predicted molar refractivity (Wildman–Crippen MR) is 50.6 cm³/mol. The molecule has 0 unspecified atom stereocenters. The molecule has 0 radical (unpaired) electrons. The molecule has 0 saturated carbocycles. The van der Waals surface area contributed by atoms with Crippen molar-refractivity contribution in [3.8, 4) is 5.75 Å². The molecule has 1 aromatic rings. The van der Waals surface area contributed by atoms with Gasteiger partial charge in [0.2, 0.25) is 0 Å². The first-order valence-corrected chi connectivity index (χ1v) is 4.39. The van der Waals surface area contributed by atoms with Crippen LogP contribution in [-0.2, 0) is 4.79 Å². The number of rotatable bonds is 0. The van der Waals surface area contributed by atoms with E-state index in [1.165, 1.54) is 0 Å². The van der Waals surface area contributed by atoms with Gasteiger partial charge in [0.25, 0.3) is 5.78 Å². The lowest BCUT2D eigenvalue weighted by Crippen LogP contribution is -2.11. The van der Waals surface area contributed by atoms with Gasteiger partial charge in [0, 0.05) is 0 Å². The first-order chi connectivity index (χ1) is 6.52. The first-order valence-electron chi connectivity index (χ1n) is 4.39. The zero-order valence-electron chi connectivity index (χ0n) is 8.30. The number of aryl methyl sites for hydroxylation is 2. The summed E-state index contributed by atoms with van der Waals surface area (Å²) in [6.07, 6.45) is 0. The largest absolute Gasteiger partial charge is 0.419 e. The number of benzene rings is 1. The molecular formula is C11H10O3. The molecule has 0 aliphatic carbocycles. The lowest BCUT2D eigenvalue weighted by molar-refractivity contribution is -0.128. The van der Waals surface area contributed by atoms with Gasteiger partial charge in [-0.05, 0) is 37.5 Å². The zero-order valence-corrected chi connectivity index (χ0v) is 8.30. The van der Waals surface area contributed by atoms with Gasteiger partial charge in [-0.3, -0.25) is 4.79 Å². The number of hydrogen-bond acceptors (Lipinski definition) is 3. The summed E-state index contributed by atoms with van der Waals surface area (Å²) in [5, 5.41) is 0. The summed E-state index contributed by atoms with van der Waals surface area (Å²) in [6, 6.07) is 1.90. The fourth-order valence-electron chi connectivity index (χ4n) is 1.70. The Morgan fingerprint density at radius 1 is 1.07 bits per heavy atom. The highest BCUT2D eigenvalue weighted by Crippen LogP contribution is 2.34. The highest BCUT2D eigenvalue weighted by Gasteiger charge is 2.34. The van der Waals surface area contributed by atoms with Crippen molar-refractivity contribution in [2.75, 3.05) is 0 Å². The maximum atomic E-state index is 11.4. The molecule has 0 spiro atoms. The molecule has 0 amide bonds. The molecule has 1 heterocycles. The highest BCUT2D eigenvalue weighted by atomic mass is 16.5. The molecule has 14 heavy (non-hydrogen) atoms. The van der Waals surface area contributed by atoms with E-state index in [1.807, 2.05) is 26.8 Å². The minimum atomic E-state index is -0.767. The van der Waals surface area contributed by atoms with E-state index in [2.05, 4.69) is 0 Å². The zero-order chi connectivity index (χ0) is 10.5. The van der Waals surface area contributed by atoms with Crippen molar-refractivity contribution in [3.63, 3.8) is 0 Å². The van der Waals surface area contributed by atoms with Gasteiger partial charge in [-0.1, -0.05) is 6.07 Å². The molecule has 0 N–H and O–H groups in total. The Morgan fingerprint density at radius 2 is 1.71 bits per heavy atom. The monoisotopic (exact) mass is 190 g/mol. The third-order valence-corrected chi connectivity index (χ3v) is 2.59. The molecule has 72 valence electrons. The predicted octanol–water partition coefficient (Wildman–Crippen LogP) is 1.71. The van der Waals surface area contributed by atoms with Crippen LogP contribution in [-0.4, -0.2) is 11.8 Å². The fourth-order valence-corrected chi connectivity index (χ4v) is 1.70. The maximum absolute atomic E-state index is 11.4. The van der Waals surface area contributed by atoms with Gasteiger partial charge in [0.1, 0.15) is 5.75 Å². The van der Waals surface area contributed by atoms with Crippen LogP contribution in [0.25, 0.3) is 0 Å². The molecule has 1 aliphatic rings. The van der Waals surface area contributed by atoms with Crippen molar-refractivity contribution in [1.82, 2.24) is 0 Å². The van der Waals surface area contributed by atoms with Crippen LogP contribution in [0.4, 0.5) is 0 Å². The van der Waals surface area contributed by atoms with Crippen LogP contribution in [0.1, 0.15) is 27.0 Å². The van der Waals surface area contributed by atoms with Crippen molar-refractivity contribution in [2.45, 2.75) is 20.8 Å². The summed E-state index contributed by atoms with van der Waals surface area (Å²) in [5.74, 6) is -0.852. The van der Waals surface area contributed by atoms with Gasteiger partial charge in [0.15, 0.2) is 0 Å². The minimum absolute atomic E-state index is 0.429. The second-order valence-electron chi connectivity index (χ2n) is 3.56. The van der Waals surface area contributed by atoms with Crippen molar-refractivity contribution >= 4 is 11.8 Å². The average molecular weight is 190 g/mol. The Kier molecular flexibility index (Phi) is 1.71. The smallest absolute Gasteiger partial charge is 0.385 e. The van der Waals surface area contributed by atoms with Crippen LogP contribution < -0.4 is 4.74 Å². The van der Waals surface area contributed by atoms with Gasteiger partial charge in [0.05, 0.1) is 5.56 Å². The summed E-state index contributed by atoms with van der Waals surface area (Å²) in [5.41, 5.74) is 3.13. The van der Waals surface area contributed by atoms with Crippen LogP contribution in [0.15, 0.2) is 6.07 Å². The molecule has 0 atom stereocenters. The van der Waals surface area contributed by atoms with Crippen LogP contribution in [0.2, 0.25) is 0 Å². The first kappa shape index (κ1) is 8.94. The molecule has 3 nitrogen and oxygen atoms in total. The normalized spacial score (nSPS) is 14.2. The molecule has 0 fully saturated rings. The Labute approximate surface area is 81.7 Å². The summed E-state index contributed by atoms with van der Waals surface area (Å²) in [4.78, 5) is 22.5. The number of carbonyl (C=O) groups excluding carboxylic acids is 2. The summed E-state index contributed by atoms with van der Waals surface area (Å²) in [7, 11) is 0. The minimum Gasteiger partial charge on any atom is -0.419 e. The van der Waals surface area contributed by atoms with Gasteiger partial charge in [-0.25, -0.2) is 4.79 Å². The molecular weight excluding hydrogens is 180 g/mol. The Morgan fingerprint density at radius 3 is 2.36 bits per heavy atom. The van der Waals surface area contributed by atoms with Gasteiger partial charge >= 0.3 is 5.97 Å². The quantitative estimate of drug-likeness (QED) is 0.355. The van der Waals surface area contributed by atoms with Crippen molar-refractivity contribution in [3.05, 3.63) is 28.3 Å². The third kappa shape index (κ3) is 0.985. The third-order valence-electron chi connectivity index (χ3n) is 2.59. The van der Waals surface area contributed by atoms with Gasteiger partial charge in [-0.15, -0.1) is 0 Å². The molecule has 0 saturated heterocycles. The Hall–Kier alpha value is -1.64. The number of carbonyl (C=O) groups is 2. The topological polar surface area (TPSA) is 43.4 Å². The Balaban J connectivity index is 2.79. The molecule has 2 rings (SSSR count). The van der Waals surface area contributed by atoms with Crippen molar-refractivity contribution in [1.29, 1.82) is 0 Å². The van der Waals surface area contributed by atoms with E-state index in [0.29, 0.717) is 11.3 Å². The lowest BCUT2D eigenvalue weighted by Gasteiger charge is -2.07. The number of fused-ring (bicyclic) bond motifs is 1. The molecule has 0 aromatic heterocycles. The van der Waals surface area contributed by atoms with Gasteiger partial charge < -0.3 is 4.74 Å². The number of ketones is 1. The van der Waals surface area contributed by atoms with Crippen LogP contribution in [0, 0.1) is 20.8 Å². The maximum Gasteiger partial charge on any atom is 0.385 e. The number of Topliss-reactive ketones (excluding diaryl/α,β-unsaturated/α-hetero) is 1. The fraction of sp³-hybridized carbons (Fsp3) is 0.273.